The molecule has 0 saturated heterocycles. The Labute approximate surface area is 95.7 Å². The van der Waals surface area contributed by atoms with Gasteiger partial charge in [0.25, 0.3) is 0 Å². The third-order valence-electron chi connectivity index (χ3n) is 3.22. The first-order valence-corrected chi connectivity index (χ1v) is 5.67. The summed E-state index contributed by atoms with van der Waals surface area (Å²) in [6, 6.07) is 6.23. The van der Waals surface area contributed by atoms with Crippen molar-refractivity contribution in [3.8, 4) is 0 Å². The highest BCUT2D eigenvalue weighted by atomic mass is 16.1. The first-order chi connectivity index (χ1) is 7.56. The largest absolute Gasteiger partial charge is 0.299 e. The predicted octanol–water partition coefficient (Wildman–Crippen LogP) is 2.71. The molecule has 1 aliphatic rings. The van der Waals surface area contributed by atoms with Gasteiger partial charge in [-0.25, -0.2) is 0 Å². The molecule has 0 amide bonds. The van der Waals surface area contributed by atoms with Crippen molar-refractivity contribution in [3.05, 3.63) is 34.9 Å². The van der Waals surface area contributed by atoms with Crippen LogP contribution in [0.3, 0.4) is 0 Å². The van der Waals surface area contributed by atoms with Crippen LogP contribution in [0.1, 0.15) is 41.9 Å². The van der Waals surface area contributed by atoms with Gasteiger partial charge in [0.2, 0.25) is 0 Å². The summed E-state index contributed by atoms with van der Waals surface area (Å²) in [6.45, 7) is 4.08. The molecule has 84 valence electrons. The Morgan fingerprint density at radius 3 is 2.31 bits per heavy atom. The van der Waals surface area contributed by atoms with Crippen LogP contribution < -0.4 is 0 Å². The standard InChI is InChI=1S/C14H16O2/c1-9-3-4-10(2)14(5-9)11-6-12(15)8-13(16)7-11/h3-5,11H,6-8H2,1-2H3. The van der Waals surface area contributed by atoms with Gasteiger partial charge in [-0.15, -0.1) is 0 Å². The number of carbonyl (C=O) groups excluding carboxylic acids is 2. The maximum Gasteiger partial charge on any atom is 0.140 e. The molecule has 0 heterocycles. The fourth-order valence-corrected chi connectivity index (χ4v) is 2.41. The molecule has 1 fully saturated rings. The van der Waals surface area contributed by atoms with E-state index >= 15 is 0 Å². The van der Waals surface area contributed by atoms with Crippen LogP contribution in [-0.4, -0.2) is 11.6 Å². The quantitative estimate of drug-likeness (QED) is 0.676. The molecule has 0 aliphatic heterocycles. The zero-order valence-corrected chi connectivity index (χ0v) is 9.75. The smallest absolute Gasteiger partial charge is 0.140 e. The number of aryl methyl sites for hydroxylation is 2. The first kappa shape index (κ1) is 11.1. The Bertz CT molecular complexity index is 430. The van der Waals surface area contributed by atoms with Crippen LogP contribution in [0.5, 0.6) is 0 Å². The van der Waals surface area contributed by atoms with Crippen LogP contribution in [-0.2, 0) is 9.59 Å². The van der Waals surface area contributed by atoms with Crippen molar-refractivity contribution in [2.45, 2.75) is 39.0 Å². The van der Waals surface area contributed by atoms with Gasteiger partial charge >= 0.3 is 0 Å². The van der Waals surface area contributed by atoms with Gasteiger partial charge in [0, 0.05) is 12.8 Å². The molecule has 2 heteroatoms. The number of rotatable bonds is 1. The minimum atomic E-state index is 0.0853. The number of hydrogen-bond acceptors (Lipinski definition) is 2. The molecule has 0 radical (unpaired) electrons. The lowest BCUT2D eigenvalue weighted by Gasteiger charge is -2.22. The Kier molecular flexibility index (Phi) is 2.90. The molecular formula is C14H16O2. The van der Waals surface area contributed by atoms with Gasteiger partial charge in [-0.05, 0) is 30.9 Å². The molecule has 2 nitrogen and oxygen atoms in total. The Hall–Kier alpha value is -1.44. The van der Waals surface area contributed by atoms with E-state index in [9.17, 15) is 9.59 Å². The van der Waals surface area contributed by atoms with Crippen LogP contribution >= 0.6 is 0 Å². The number of benzene rings is 1. The lowest BCUT2D eigenvalue weighted by Crippen LogP contribution is -2.21. The summed E-state index contributed by atoms with van der Waals surface area (Å²) in [5.41, 5.74) is 3.53. The molecule has 0 aromatic heterocycles. The van der Waals surface area contributed by atoms with Gasteiger partial charge < -0.3 is 0 Å². The lowest BCUT2D eigenvalue weighted by atomic mass is 9.80. The fourth-order valence-electron chi connectivity index (χ4n) is 2.41. The minimum absolute atomic E-state index is 0.0853. The Balaban J connectivity index is 2.32. The van der Waals surface area contributed by atoms with Crippen molar-refractivity contribution in [2.75, 3.05) is 0 Å². The number of ketones is 2. The second kappa shape index (κ2) is 4.20. The van der Waals surface area contributed by atoms with E-state index < -0.39 is 0 Å². The number of hydrogen-bond donors (Lipinski definition) is 0. The zero-order valence-electron chi connectivity index (χ0n) is 9.75. The molecular weight excluding hydrogens is 200 g/mol. The summed E-state index contributed by atoms with van der Waals surface area (Å²) in [7, 11) is 0. The number of carbonyl (C=O) groups is 2. The van der Waals surface area contributed by atoms with Crippen molar-refractivity contribution < 1.29 is 9.59 Å². The Morgan fingerprint density at radius 1 is 1.06 bits per heavy atom. The van der Waals surface area contributed by atoms with Crippen LogP contribution in [0, 0.1) is 13.8 Å². The van der Waals surface area contributed by atoms with Gasteiger partial charge in [-0.2, -0.15) is 0 Å². The topological polar surface area (TPSA) is 34.1 Å². The molecule has 2 rings (SSSR count). The molecule has 0 atom stereocenters. The SMILES string of the molecule is Cc1ccc(C)c(C2CC(=O)CC(=O)C2)c1. The van der Waals surface area contributed by atoms with E-state index in [1.165, 1.54) is 16.7 Å². The molecule has 1 aliphatic carbocycles. The normalized spacial score (nSPS) is 17.9. The van der Waals surface area contributed by atoms with Crippen molar-refractivity contribution in [3.63, 3.8) is 0 Å². The zero-order chi connectivity index (χ0) is 11.7. The molecule has 1 saturated carbocycles. The van der Waals surface area contributed by atoms with Gasteiger partial charge in [0.05, 0.1) is 6.42 Å². The second-order valence-corrected chi connectivity index (χ2v) is 4.72. The van der Waals surface area contributed by atoms with Crippen LogP contribution in [0.2, 0.25) is 0 Å². The van der Waals surface area contributed by atoms with Gasteiger partial charge in [-0.1, -0.05) is 23.8 Å². The first-order valence-electron chi connectivity index (χ1n) is 5.67. The van der Waals surface area contributed by atoms with Crippen molar-refractivity contribution >= 4 is 11.6 Å². The average molecular weight is 216 g/mol. The summed E-state index contributed by atoms with van der Waals surface area (Å²) in [6.07, 6.45) is 1.19. The van der Waals surface area contributed by atoms with E-state index in [1.54, 1.807) is 0 Å². The molecule has 0 unspecified atom stereocenters. The van der Waals surface area contributed by atoms with Crippen molar-refractivity contribution in [2.24, 2.45) is 0 Å². The summed E-state index contributed by atoms with van der Waals surface area (Å²) in [5.74, 6) is 0.276. The van der Waals surface area contributed by atoms with Crippen LogP contribution in [0.25, 0.3) is 0 Å². The molecule has 0 bridgehead atoms. The van der Waals surface area contributed by atoms with Crippen LogP contribution in [0.4, 0.5) is 0 Å². The molecule has 1 aromatic rings. The summed E-state index contributed by atoms with van der Waals surface area (Å²) in [5, 5.41) is 0. The average Bonchev–Trinajstić information content (AvgIpc) is 2.20. The molecule has 16 heavy (non-hydrogen) atoms. The minimum Gasteiger partial charge on any atom is -0.299 e. The van der Waals surface area contributed by atoms with Gasteiger partial charge in [0.15, 0.2) is 0 Å². The van der Waals surface area contributed by atoms with Gasteiger partial charge in [-0.3, -0.25) is 9.59 Å². The summed E-state index contributed by atoms with van der Waals surface area (Å²) < 4.78 is 0. The third kappa shape index (κ3) is 2.21. The van der Waals surface area contributed by atoms with E-state index in [4.69, 9.17) is 0 Å². The fraction of sp³-hybridized carbons (Fsp3) is 0.429. The van der Waals surface area contributed by atoms with E-state index in [2.05, 4.69) is 18.2 Å². The predicted molar refractivity (Wildman–Crippen MR) is 62.5 cm³/mol. The summed E-state index contributed by atoms with van der Waals surface area (Å²) >= 11 is 0. The highest BCUT2D eigenvalue weighted by Gasteiger charge is 2.27. The van der Waals surface area contributed by atoms with Gasteiger partial charge in [0.1, 0.15) is 11.6 Å². The van der Waals surface area contributed by atoms with E-state index in [-0.39, 0.29) is 23.9 Å². The van der Waals surface area contributed by atoms with E-state index in [0.717, 1.165) is 0 Å². The number of Topliss-reactive ketones (excluding diaryl/α,β-unsaturated/α-hetero) is 2. The summed E-state index contributed by atoms with van der Waals surface area (Å²) in [4.78, 5) is 22.9. The van der Waals surface area contributed by atoms with Crippen molar-refractivity contribution in [1.29, 1.82) is 0 Å². The Morgan fingerprint density at radius 2 is 1.69 bits per heavy atom. The monoisotopic (exact) mass is 216 g/mol. The molecule has 1 aromatic carbocycles. The highest BCUT2D eigenvalue weighted by molar-refractivity contribution is 6.02. The second-order valence-electron chi connectivity index (χ2n) is 4.72. The molecule has 0 spiro atoms. The third-order valence-corrected chi connectivity index (χ3v) is 3.22. The highest BCUT2D eigenvalue weighted by Crippen LogP contribution is 2.31. The maximum atomic E-state index is 11.4. The van der Waals surface area contributed by atoms with E-state index in [0.29, 0.717) is 12.8 Å². The van der Waals surface area contributed by atoms with Crippen LogP contribution in [0.15, 0.2) is 18.2 Å². The lowest BCUT2D eigenvalue weighted by molar-refractivity contribution is -0.130. The maximum absolute atomic E-state index is 11.4. The molecule has 0 N–H and O–H groups in total. The van der Waals surface area contributed by atoms with E-state index in [1.807, 2.05) is 13.8 Å². The van der Waals surface area contributed by atoms with Crippen molar-refractivity contribution in [1.82, 2.24) is 0 Å².